The van der Waals surface area contributed by atoms with Gasteiger partial charge in [0.05, 0.1) is 46.1 Å². The summed E-state index contributed by atoms with van der Waals surface area (Å²) in [6.07, 6.45) is 1.83. The quantitative estimate of drug-likeness (QED) is 0.294. The Bertz CT molecular complexity index is 1430. The van der Waals surface area contributed by atoms with Crippen LogP contribution in [0.5, 0.6) is 5.75 Å². The molecule has 37 heavy (non-hydrogen) atoms. The van der Waals surface area contributed by atoms with Gasteiger partial charge in [0.2, 0.25) is 0 Å². The second-order valence-corrected chi connectivity index (χ2v) is 9.21. The summed E-state index contributed by atoms with van der Waals surface area (Å²) in [5, 5.41) is 21.7. The molecule has 0 aliphatic rings. The maximum absolute atomic E-state index is 13.9. The van der Waals surface area contributed by atoms with E-state index in [4.69, 9.17) is 9.97 Å². The molecule has 0 aliphatic heterocycles. The Morgan fingerprint density at radius 3 is 2.57 bits per heavy atom. The third-order valence-corrected chi connectivity index (χ3v) is 6.85. The molecule has 0 aliphatic carbocycles. The molecule has 0 spiro atoms. The fraction of sp³-hybridized carbons (Fsp3) is 0.357. The minimum Gasteiger partial charge on any atom is -0.508 e. The van der Waals surface area contributed by atoms with Crippen LogP contribution in [0.1, 0.15) is 47.2 Å². The zero-order valence-corrected chi connectivity index (χ0v) is 22.3. The number of rotatable bonds is 9. The summed E-state index contributed by atoms with van der Waals surface area (Å²) in [5.41, 5.74) is 6.19. The van der Waals surface area contributed by atoms with E-state index in [1.807, 2.05) is 57.8 Å². The van der Waals surface area contributed by atoms with Crippen molar-refractivity contribution in [2.45, 2.75) is 40.3 Å². The lowest BCUT2D eigenvalue weighted by Crippen LogP contribution is -2.30. The number of carbonyl (C=O) groups is 1. The van der Waals surface area contributed by atoms with E-state index in [0.29, 0.717) is 27.9 Å². The Hall–Kier alpha value is -3.98. The zero-order valence-electron chi connectivity index (χ0n) is 22.3. The van der Waals surface area contributed by atoms with Crippen LogP contribution >= 0.6 is 0 Å². The van der Waals surface area contributed by atoms with Crippen LogP contribution in [0.4, 0.5) is 5.69 Å². The minimum atomic E-state index is -0.194. The minimum absolute atomic E-state index is 0.0813. The number of nitrogens with one attached hydrogen (secondary N) is 2. The van der Waals surface area contributed by atoms with Crippen LogP contribution in [-0.4, -0.2) is 62.8 Å². The van der Waals surface area contributed by atoms with Gasteiger partial charge in [0.1, 0.15) is 5.75 Å². The molecule has 3 heterocycles. The first-order valence-electron chi connectivity index (χ1n) is 12.5. The van der Waals surface area contributed by atoms with E-state index in [1.165, 1.54) is 0 Å². The van der Waals surface area contributed by atoms with Gasteiger partial charge in [-0.05, 0) is 71.1 Å². The second-order valence-electron chi connectivity index (χ2n) is 9.21. The van der Waals surface area contributed by atoms with Gasteiger partial charge < -0.3 is 20.6 Å². The summed E-state index contributed by atoms with van der Waals surface area (Å²) in [6, 6.07) is 10.4. The number of pyridine rings is 2. The molecule has 3 N–H and O–H groups in total. The van der Waals surface area contributed by atoms with Crippen molar-refractivity contribution < 1.29 is 9.90 Å². The number of hydrogen-bond acceptors (Lipinski definition) is 7. The third kappa shape index (κ3) is 5.27. The van der Waals surface area contributed by atoms with Crippen molar-refractivity contribution in [3.63, 3.8) is 0 Å². The molecular weight excluding hydrogens is 466 g/mol. The maximum atomic E-state index is 13.9. The van der Waals surface area contributed by atoms with Crippen LogP contribution < -0.4 is 10.6 Å². The largest absolute Gasteiger partial charge is 0.508 e. The van der Waals surface area contributed by atoms with Gasteiger partial charge in [0.25, 0.3) is 5.91 Å². The molecule has 9 nitrogen and oxygen atoms in total. The summed E-state index contributed by atoms with van der Waals surface area (Å²) >= 11 is 0. The predicted molar refractivity (Wildman–Crippen MR) is 147 cm³/mol. The highest BCUT2D eigenvalue weighted by Crippen LogP contribution is 2.31. The Balaban J connectivity index is 1.74. The normalized spacial score (nSPS) is 12.1. The molecular formula is C28H35N7O2. The lowest BCUT2D eigenvalue weighted by Gasteiger charge is -2.26. The topological polar surface area (TPSA) is 108 Å². The molecule has 194 valence electrons. The van der Waals surface area contributed by atoms with E-state index in [0.717, 1.165) is 42.3 Å². The van der Waals surface area contributed by atoms with Gasteiger partial charge in [-0.2, -0.15) is 5.10 Å². The number of phenols is 1. The molecule has 0 fully saturated rings. The van der Waals surface area contributed by atoms with Gasteiger partial charge in [-0.25, -0.2) is 9.97 Å². The maximum Gasteiger partial charge on any atom is 0.254 e. The van der Waals surface area contributed by atoms with Crippen molar-refractivity contribution >= 4 is 22.5 Å². The Kier molecular flexibility index (Phi) is 7.73. The summed E-state index contributed by atoms with van der Waals surface area (Å²) in [7, 11) is 3.70. The van der Waals surface area contributed by atoms with E-state index >= 15 is 0 Å². The molecule has 0 saturated heterocycles. The molecule has 0 saturated carbocycles. The predicted octanol–water partition coefficient (Wildman–Crippen LogP) is 4.30. The number of anilines is 1. The third-order valence-electron chi connectivity index (χ3n) is 6.85. The molecule has 1 atom stereocenters. The fourth-order valence-corrected chi connectivity index (χ4v) is 4.50. The smallest absolute Gasteiger partial charge is 0.254 e. The highest BCUT2D eigenvalue weighted by Gasteiger charge is 2.25. The molecule has 3 aromatic heterocycles. The summed E-state index contributed by atoms with van der Waals surface area (Å²) in [4.78, 5) is 25.1. The van der Waals surface area contributed by atoms with Crippen LogP contribution in [0.15, 0.2) is 42.6 Å². The number of aromatic nitrogens is 4. The lowest BCUT2D eigenvalue weighted by molar-refractivity contribution is 0.0744. The molecule has 1 aromatic carbocycles. The van der Waals surface area contributed by atoms with Crippen molar-refractivity contribution in [2.75, 3.05) is 32.5 Å². The van der Waals surface area contributed by atoms with Crippen molar-refractivity contribution in [3.05, 3.63) is 65.1 Å². The average molecular weight is 502 g/mol. The molecule has 0 unspecified atom stereocenters. The van der Waals surface area contributed by atoms with Gasteiger partial charge in [-0.1, -0.05) is 0 Å². The van der Waals surface area contributed by atoms with E-state index in [1.54, 1.807) is 36.2 Å². The number of amides is 1. The summed E-state index contributed by atoms with van der Waals surface area (Å²) in [5.74, 6) is -0.0877. The number of carbonyl (C=O) groups excluding carboxylic acids is 1. The van der Waals surface area contributed by atoms with Crippen molar-refractivity contribution in [1.82, 2.24) is 30.0 Å². The molecule has 4 aromatic rings. The Labute approximate surface area is 217 Å². The SMILES string of the molecule is CCn1ncc([C@@H](C)N(C)C(=O)c2cc(-c3ccc(NCCNC)c(C)n3)nc3ccc(O)cc23)c1C. The zero-order chi connectivity index (χ0) is 26.7. The number of aryl methyl sites for hydroxylation is 2. The van der Waals surface area contributed by atoms with Crippen molar-refractivity contribution in [3.8, 4) is 17.1 Å². The van der Waals surface area contributed by atoms with Crippen LogP contribution in [0.25, 0.3) is 22.3 Å². The molecule has 4 rings (SSSR count). The van der Waals surface area contributed by atoms with E-state index in [-0.39, 0.29) is 17.7 Å². The van der Waals surface area contributed by atoms with Crippen LogP contribution in [-0.2, 0) is 6.54 Å². The Morgan fingerprint density at radius 1 is 1.11 bits per heavy atom. The van der Waals surface area contributed by atoms with E-state index in [9.17, 15) is 9.90 Å². The van der Waals surface area contributed by atoms with Crippen LogP contribution in [0.2, 0.25) is 0 Å². The molecule has 9 heteroatoms. The standard InChI is InChI=1S/C28H35N7O2/c1-7-35-19(4)23(16-31-35)18(3)34(6)28(37)22-15-27(33-25-9-8-20(36)14-21(22)25)26-11-10-24(17(2)32-26)30-13-12-29-5/h8-11,14-16,18,29-30,36H,7,12-13H2,1-6H3/t18-/m1/s1. The van der Waals surface area contributed by atoms with Crippen LogP contribution in [0.3, 0.4) is 0 Å². The number of nitrogens with zero attached hydrogens (tertiary/aromatic N) is 5. The van der Waals surface area contributed by atoms with Gasteiger partial charge in [-0.15, -0.1) is 0 Å². The summed E-state index contributed by atoms with van der Waals surface area (Å²) in [6.45, 7) is 10.4. The molecule has 1 amide bonds. The fourth-order valence-electron chi connectivity index (χ4n) is 4.50. The summed E-state index contributed by atoms with van der Waals surface area (Å²) < 4.78 is 1.92. The number of fused-ring (bicyclic) bond motifs is 1. The highest BCUT2D eigenvalue weighted by atomic mass is 16.3. The Morgan fingerprint density at radius 2 is 1.89 bits per heavy atom. The molecule has 0 radical (unpaired) electrons. The number of benzene rings is 1. The van der Waals surface area contributed by atoms with Crippen molar-refractivity contribution in [1.29, 1.82) is 0 Å². The van der Waals surface area contributed by atoms with Gasteiger partial charge in [0.15, 0.2) is 0 Å². The first-order valence-corrected chi connectivity index (χ1v) is 12.5. The number of hydrogen-bond donors (Lipinski definition) is 3. The number of aromatic hydroxyl groups is 1. The van der Waals surface area contributed by atoms with Gasteiger partial charge in [0, 0.05) is 43.3 Å². The lowest BCUT2D eigenvalue weighted by atomic mass is 10.0. The van der Waals surface area contributed by atoms with Gasteiger partial charge in [-0.3, -0.25) is 9.48 Å². The van der Waals surface area contributed by atoms with E-state index < -0.39 is 0 Å². The van der Waals surface area contributed by atoms with Crippen LogP contribution in [0, 0.1) is 13.8 Å². The first kappa shape index (κ1) is 26.1. The average Bonchev–Trinajstić information content (AvgIpc) is 3.27. The first-order chi connectivity index (χ1) is 17.7. The number of phenolic OH excluding ortho intramolecular Hbond substituents is 1. The van der Waals surface area contributed by atoms with Gasteiger partial charge >= 0.3 is 0 Å². The monoisotopic (exact) mass is 501 g/mol. The van der Waals surface area contributed by atoms with Crippen molar-refractivity contribution in [2.24, 2.45) is 0 Å². The highest BCUT2D eigenvalue weighted by molar-refractivity contribution is 6.07. The number of likely N-dealkylation sites (N-methyl/N-ethyl adjacent to an activating group) is 1. The second kappa shape index (κ2) is 11.0. The van der Waals surface area contributed by atoms with E-state index in [2.05, 4.69) is 15.7 Å². The molecule has 0 bridgehead atoms.